The second kappa shape index (κ2) is 15.7. The minimum absolute atomic E-state index is 0. The van der Waals surface area contributed by atoms with Crippen LogP contribution in [0.25, 0.3) is 0 Å². The van der Waals surface area contributed by atoms with Crippen LogP contribution in [0, 0.1) is 0 Å². The van der Waals surface area contributed by atoms with Crippen LogP contribution in [0.4, 0.5) is 0 Å². The van der Waals surface area contributed by atoms with E-state index in [1.54, 1.807) is 0 Å². The first kappa shape index (κ1) is 23.9. The third-order valence-electron chi connectivity index (χ3n) is 0. The summed E-state index contributed by atoms with van der Waals surface area (Å²) < 4.78 is 0. The maximum absolute atomic E-state index is 0. The van der Waals surface area contributed by atoms with Crippen molar-refractivity contribution in [1.82, 2.24) is 0 Å². The van der Waals surface area contributed by atoms with Gasteiger partial charge in [-0.1, -0.05) is 0 Å². The second-order valence-electron chi connectivity index (χ2n) is 0. The molecule has 0 aromatic carbocycles. The molecule has 0 fully saturated rings. The van der Waals surface area contributed by atoms with E-state index >= 15 is 0 Å². The van der Waals surface area contributed by atoms with Crippen LogP contribution in [0.15, 0.2) is 0 Å². The van der Waals surface area contributed by atoms with E-state index in [1.807, 2.05) is 0 Å². The molecule has 0 amide bonds. The molecule has 0 bridgehead atoms. The fourth-order valence-corrected chi connectivity index (χ4v) is 0. The SMILES string of the molecule is [Ca+2].[H-].[H-].[H-].[H-].[H-].[K+].[Mg+2].[Zn]. The van der Waals surface area contributed by atoms with E-state index in [-0.39, 0.29) is 139 Å². The maximum atomic E-state index is 0. The van der Waals surface area contributed by atoms with Gasteiger partial charge < -0.3 is 7.13 Å². The summed E-state index contributed by atoms with van der Waals surface area (Å²) >= 11 is 0. The van der Waals surface area contributed by atoms with E-state index in [0.29, 0.717) is 0 Å². The van der Waals surface area contributed by atoms with Crippen LogP contribution in [0.1, 0.15) is 7.13 Å². The van der Waals surface area contributed by atoms with Gasteiger partial charge in [0.15, 0.2) is 0 Å². The van der Waals surface area contributed by atoms with Crippen LogP contribution < -0.4 is 51.4 Å². The summed E-state index contributed by atoms with van der Waals surface area (Å²) in [6.07, 6.45) is 0. The summed E-state index contributed by atoms with van der Waals surface area (Å²) in [5.74, 6) is 0. The standard InChI is InChI=1S/Ca.K.Mg.Zn.5H/q+2;+1;+2;;5*-1. The fourth-order valence-electron chi connectivity index (χ4n) is 0. The van der Waals surface area contributed by atoms with Gasteiger partial charge in [0, 0.05) is 19.5 Å². The van der Waals surface area contributed by atoms with E-state index in [9.17, 15) is 0 Å². The summed E-state index contributed by atoms with van der Waals surface area (Å²) in [4.78, 5) is 0. The Hall–Kier alpha value is 4.29. The molecule has 0 aliphatic carbocycles. The summed E-state index contributed by atoms with van der Waals surface area (Å²) in [6, 6.07) is 0. The molecule has 0 aliphatic rings. The Morgan fingerprint density at radius 1 is 1.25 bits per heavy atom. The summed E-state index contributed by atoms with van der Waals surface area (Å²) in [5.41, 5.74) is 0. The van der Waals surface area contributed by atoms with Gasteiger partial charge in [-0.05, 0) is 0 Å². The van der Waals surface area contributed by atoms with Crippen molar-refractivity contribution in [2.45, 2.75) is 0 Å². The zero-order valence-electron chi connectivity index (χ0n) is 8.12. The van der Waals surface area contributed by atoms with Crippen molar-refractivity contribution < 1.29 is 78.0 Å². The van der Waals surface area contributed by atoms with Gasteiger partial charge in [-0.2, -0.15) is 0 Å². The Kier molecular flexibility index (Phi) is 93.8. The first-order valence-electron chi connectivity index (χ1n) is 0. The largest absolute Gasteiger partial charge is 2.00 e. The zero-order chi connectivity index (χ0) is 0. The third kappa shape index (κ3) is 9.56. The summed E-state index contributed by atoms with van der Waals surface area (Å²) in [6.45, 7) is 0. The monoisotopic (exact) mass is 172 g/mol. The minimum atomic E-state index is 0. The Morgan fingerprint density at radius 3 is 1.25 bits per heavy atom. The van der Waals surface area contributed by atoms with E-state index in [2.05, 4.69) is 0 Å². The molecule has 0 atom stereocenters. The van der Waals surface area contributed by atoms with Gasteiger partial charge in [0.2, 0.25) is 0 Å². The maximum Gasteiger partial charge on any atom is 2.00 e. The molecule has 4 heteroatoms. The molecule has 12 valence electrons. The normalized spacial score (nSPS) is 0. The van der Waals surface area contributed by atoms with Crippen molar-refractivity contribution in [3.05, 3.63) is 0 Å². The molecule has 0 saturated heterocycles. The fraction of sp³-hybridized carbons (Fsp3) is 0. The molecule has 0 aromatic rings. The van der Waals surface area contributed by atoms with Crippen LogP contribution in [0.5, 0.6) is 0 Å². The molecular formula is H5CaKMgZn. The number of rotatable bonds is 0. The van der Waals surface area contributed by atoms with E-state index < -0.39 is 0 Å². The van der Waals surface area contributed by atoms with Gasteiger partial charge in [0.1, 0.15) is 0 Å². The van der Waals surface area contributed by atoms with Crippen LogP contribution >= 0.6 is 0 Å². The van der Waals surface area contributed by atoms with Gasteiger partial charge in [0.05, 0.1) is 0 Å². The third-order valence-corrected chi connectivity index (χ3v) is 0. The molecule has 0 aliphatic heterocycles. The van der Waals surface area contributed by atoms with Gasteiger partial charge in [-0.3, -0.25) is 0 Å². The average Bonchev–Trinajstić information content (AvgIpc) is 0. The Morgan fingerprint density at radius 2 is 1.25 bits per heavy atom. The first-order chi connectivity index (χ1) is 0. The van der Waals surface area contributed by atoms with E-state index in [1.165, 1.54) is 0 Å². The molecule has 4 heavy (non-hydrogen) atoms. The van der Waals surface area contributed by atoms with Gasteiger partial charge in [-0.15, -0.1) is 0 Å². The molecule has 0 unspecified atom stereocenters. The van der Waals surface area contributed by atoms with Crippen LogP contribution in [0.3, 0.4) is 0 Å². The van der Waals surface area contributed by atoms with Crippen molar-refractivity contribution in [3.63, 3.8) is 0 Å². The molecule has 0 rings (SSSR count). The Labute approximate surface area is 135 Å². The average molecular weight is 174 g/mol. The van der Waals surface area contributed by atoms with Crippen LogP contribution in [-0.2, 0) is 19.5 Å². The second-order valence-corrected chi connectivity index (χ2v) is 0. The minimum Gasteiger partial charge on any atom is -1.00 e. The first-order valence-corrected chi connectivity index (χ1v) is 0. The van der Waals surface area contributed by atoms with Gasteiger partial charge in [-0.25, -0.2) is 0 Å². The predicted molar refractivity (Wildman–Crippen MR) is 17.1 cm³/mol. The number of hydrogen-bond acceptors (Lipinski definition) is 0. The van der Waals surface area contributed by atoms with Crippen molar-refractivity contribution in [2.75, 3.05) is 0 Å². The van der Waals surface area contributed by atoms with Crippen molar-refractivity contribution in [1.29, 1.82) is 0 Å². The summed E-state index contributed by atoms with van der Waals surface area (Å²) in [7, 11) is 0. The molecule has 0 nitrogen and oxygen atoms in total. The van der Waals surface area contributed by atoms with E-state index in [0.717, 1.165) is 0 Å². The number of hydrogen-bond donors (Lipinski definition) is 0. The van der Waals surface area contributed by atoms with E-state index in [4.69, 9.17) is 0 Å². The Bertz CT molecular complexity index is 16.9. The molecule has 0 heterocycles. The van der Waals surface area contributed by atoms with Crippen molar-refractivity contribution in [2.24, 2.45) is 0 Å². The molecule has 0 saturated carbocycles. The van der Waals surface area contributed by atoms with Gasteiger partial charge in [0.25, 0.3) is 0 Å². The molecular weight excluding hydrogens is 169 g/mol. The van der Waals surface area contributed by atoms with Crippen LogP contribution in [0.2, 0.25) is 0 Å². The van der Waals surface area contributed by atoms with Gasteiger partial charge >= 0.3 is 112 Å². The predicted octanol–water partition coefficient (Wildman–Crippen LogP) is -3.20. The smallest absolute Gasteiger partial charge is 1.00 e. The molecule has 0 aromatic heterocycles. The quantitative estimate of drug-likeness (QED) is 0.339. The molecule has 0 radical (unpaired) electrons. The van der Waals surface area contributed by atoms with Crippen molar-refractivity contribution in [3.8, 4) is 0 Å². The topological polar surface area (TPSA) is 0 Å². The van der Waals surface area contributed by atoms with Crippen molar-refractivity contribution >= 4 is 60.8 Å². The molecule has 0 N–H and O–H groups in total. The van der Waals surface area contributed by atoms with Crippen LogP contribution in [-0.4, -0.2) is 60.8 Å². The summed E-state index contributed by atoms with van der Waals surface area (Å²) in [5, 5.41) is 0. The molecule has 0 spiro atoms. The zero-order valence-corrected chi connectivity index (χ0v) is 12.8. The Balaban J connectivity index is 0.